The largest absolute Gasteiger partial charge is 0.358 e. The Bertz CT molecular complexity index is 818. The highest BCUT2D eigenvalue weighted by molar-refractivity contribution is 9.10. The summed E-state index contributed by atoms with van der Waals surface area (Å²) in [5.74, 6) is 2.22. The lowest BCUT2D eigenvalue weighted by molar-refractivity contribution is -0.130. The lowest BCUT2D eigenvalue weighted by Crippen LogP contribution is -2.47. The van der Waals surface area contributed by atoms with Crippen LogP contribution < -0.4 is 10.2 Å². The fourth-order valence-corrected chi connectivity index (χ4v) is 4.89. The molecule has 0 bridgehead atoms. The van der Waals surface area contributed by atoms with Crippen molar-refractivity contribution in [1.82, 2.24) is 19.2 Å². The second kappa shape index (κ2) is 8.32. The van der Waals surface area contributed by atoms with E-state index >= 15 is 0 Å². The maximum atomic E-state index is 12.9. The van der Waals surface area contributed by atoms with Crippen LogP contribution in [0.3, 0.4) is 0 Å². The van der Waals surface area contributed by atoms with Crippen LogP contribution in [0, 0.1) is 0 Å². The van der Waals surface area contributed by atoms with Crippen molar-refractivity contribution in [2.45, 2.75) is 51.1 Å². The summed E-state index contributed by atoms with van der Waals surface area (Å²) in [6.07, 6.45) is 4.52. The van der Waals surface area contributed by atoms with Crippen molar-refractivity contribution in [3.8, 4) is 0 Å². The molecule has 0 saturated carbocycles. The fraction of sp³-hybridized carbons (Fsp3) is 0.579. The molecule has 9 heteroatoms. The molecule has 150 valence electrons. The van der Waals surface area contributed by atoms with E-state index in [1.54, 1.807) is 6.20 Å². The molecule has 4 heterocycles. The van der Waals surface area contributed by atoms with Gasteiger partial charge in [0.15, 0.2) is 0 Å². The van der Waals surface area contributed by atoms with Gasteiger partial charge in [-0.2, -0.15) is 4.37 Å². The highest BCUT2D eigenvalue weighted by Gasteiger charge is 2.37. The summed E-state index contributed by atoms with van der Waals surface area (Å²) in [6.45, 7) is 6.89. The third-order valence-electron chi connectivity index (χ3n) is 5.41. The number of nitrogens with zero attached hydrogens (tertiary/aromatic N) is 5. The summed E-state index contributed by atoms with van der Waals surface area (Å²) in [5, 5.41) is 4.29. The third-order valence-corrected chi connectivity index (χ3v) is 6.67. The Morgan fingerprint density at radius 3 is 2.64 bits per heavy atom. The summed E-state index contributed by atoms with van der Waals surface area (Å²) in [5.41, 5.74) is 0. The smallest absolute Gasteiger partial charge is 0.245 e. The molecule has 28 heavy (non-hydrogen) atoms. The first-order valence-corrected chi connectivity index (χ1v) is 11.3. The number of aromatic nitrogens is 3. The highest BCUT2D eigenvalue weighted by atomic mass is 79.9. The van der Waals surface area contributed by atoms with Crippen LogP contribution in [0.25, 0.3) is 0 Å². The lowest BCUT2D eigenvalue weighted by atomic mass is 10.0. The van der Waals surface area contributed by atoms with E-state index in [0.29, 0.717) is 12.0 Å². The summed E-state index contributed by atoms with van der Waals surface area (Å²) in [6, 6.07) is 3.96. The van der Waals surface area contributed by atoms with Gasteiger partial charge in [-0.05, 0) is 47.3 Å². The molecular weight excluding hydrogens is 440 g/mol. The van der Waals surface area contributed by atoms with Crippen molar-refractivity contribution in [2.24, 2.45) is 0 Å². The lowest BCUT2D eigenvalue weighted by Gasteiger charge is -2.36. The van der Waals surface area contributed by atoms with Crippen LogP contribution in [0.4, 0.5) is 10.9 Å². The Morgan fingerprint density at radius 1 is 1.21 bits per heavy atom. The Balaban J connectivity index is 1.32. The maximum absolute atomic E-state index is 12.9. The number of hydrogen-bond donors (Lipinski definition) is 1. The van der Waals surface area contributed by atoms with Gasteiger partial charge in [-0.3, -0.25) is 4.79 Å². The second-order valence-electron chi connectivity index (χ2n) is 7.69. The Morgan fingerprint density at radius 2 is 2.00 bits per heavy atom. The van der Waals surface area contributed by atoms with E-state index in [4.69, 9.17) is 0 Å². The SMILES string of the molecule is CC(C)c1nsc(N2CCC(N3CCC(Nc4ccc(Br)cn4)C3=O)CC2)n1. The van der Waals surface area contributed by atoms with E-state index in [1.165, 1.54) is 11.5 Å². The standard InChI is InChI=1S/C19H25BrN6OS/c1-12(2)17-23-19(28-24-17)25-8-5-14(6-9-25)26-10-7-15(18(26)27)22-16-4-3-13(20)11-21-16/h3-4,11-12,14-15H,5-10H2,1-2H3,(H,21,22). The molecular formula is C19H25BrN6OS. The molecule has 1 atom stereocenters. The zero-order chi connectivity index (χ0) is 19.7. The molecule has 2 aliphatic rings. The zero-order valence-corrected chi connectivity index (χ0v) is 18.5. The number of amides is 1. The molecule has 1 N–H and O–H groups in total. The van der Waals surface area contributed by atoms with Crippen LogP contribution in [0.15, 0.2) is 22.8 Å². The van der Waals surface area contributed by atoms with Gasteiger partial charge in [0, 0.05) is 53.8 Å². The maximum Gasteiger partial charge on any atom is 0.245 e. The van der Waals surface area contributed by atoms with Crippen LogP contribution in [0.5, 0.6) is 0 Å². The molecule has 7 nitrogen and oxygen atoms in total. The fourth-order valence-electron chi connectivity index (χ4n) is 3.80. The van der Waals surface area contributed by atoms with Gasteiger partial charge in [-0.1, -0.05) is 13.8 Å². The number of likely N-dealkylation sites (tertiary alicyclic amines) is 1. The highest BCUT2D eigenvalue weighted by Crippen LogP contribution is 2.28. The number of halogens is 1. The third kappa shape index (κ3) is 4.15. The topological polar surface area (TPSA) is 74.2 Å². The van der Waals surface area contributed by atoms with Crippen LogP contribution >= 0.6 is 27.5 Å². The molecule has 1 amide bonds. The van der Waals surface area contributed by atoms with Gasteiger partial charge in [0.05, 0.1) is 0 Å². The van der Waals surface area contributed by atoms with Crippen molar-refractivity contribution in [3.63, 3.8) is 0 Å². The first kappa shape index (κ1) is 19.6. The van der Waals surface area contributed by atoms with Gasteiger partial charge in [-0.25, -0.2) is 9.97 Å². The van der Waals surface area contributed by atoms with E-state index < -0.39 is 0 Å². The first-order valence-electron chi connectivity index (χ1n) is 9.78. The summed E-state index contributed by atoms with van der Waals surface area (Å²) < 4.78 is 5.39. The minimum Gasteiger partial charge on any atom is -0.358 e. The number of carbonyl (C=O) groups is 1. The minimum atomic E-state index is -0.177. The van der Waals surface area contributed by atoms with Crippen LogP contribution in [0.2, 0.25) is 0 Å². The predicted molar refractivity (Wildman–Crippen MR) is 115 cm³/mol. The molecule has 2 fully saturated rings. The van der Waals surface area contributed by atoms with Gasteiger partial charge < -0.3 is 15.1 Å². The van der Waals surface area contributed by atoms with Crippen LogP contribution in [-0.2, 0) is 4.79 Å². The molecule has 0 aliphatic carbocycles. The number of carbonyl (C=O) groups excluding carboxylic acids is 1. The van der Waals surface area contributed by atoms with Crippen molar-refractivity contribution in [3.05, 3.63) is 28.6 Å². The van der Waals surface area contributed by atoms with Gasteiger partial charge >= 0.3 is 0 Å². The van der Waals surface area contributed by atoms with E-state index in [2.05, 4.69) is 59.2 Å². The molecule has 2 aromatic heterocycles. The molecule has 2 saturated heterocycles. The summed E-state index contributed by atoms with van der Waals surface area (Å²) >= 11 is 4.87. The summed E-state index contributed by atoms with van der Waals surface area (Å²) in [4.78, 5) is 26.3. The van der Waals surface area contributed by atoms with Gasteiger partial charge in [-0.15, -0.1) is 0 Å². The van der Waals surface area contributed by atoms with E-state index in [-0.39, 0.29) is 11.9 Å². The molecule has 4 rings (SSSR count). The molecule has 2 aliphatic heterocycles. The van der Waals surface area contributed by atoms with Crippen molar-refractivity contribution < 1.29 is 4.79 Å². The molecule has 0 aromatic carbocycles. The minimum absolute atomic E-state index is 0.177. The van der Waals surface area contributed by atoms with Gasteiger partial charge in [0.2, 0.25) is 11.0 Å². The Hall–Kier alpha value is -1.74. The predicted octanol–water partition coefficient (Wildman–Crippen LogP) is 3.50. The summed E-state index contributed by atoms with van der Waals surface area (Å²) in [7, 11) is 0. The Labute approximate surface area is 177 Å². The monoisotopic (exact) mass is 464 g/mol. The molecule has 0 spiro atoms. The van der Waals surface area contributed by atoms with Gasteiger partial charge in [0.25, 0.3) is 0 Å². The van der Waals surface area contributed by atoms with E-state index in [1.807, 2.05) is 12.1 Å². The van der Waals surface area contributed by atoms with Crippen molar-refractivity contribution >= 4 is 44.3 Å². The van der Waals surface area contributed by atoms with E-state index in [0.717, 1.165) is 60.1 Å². The van der Waals surface area contributed by atoms with Gasteiger partial charge in [0.1, 0.15) is 17.7 Å². The second-order valence-corrected chi connectivity index (χ2v) is 9.33. The average molecular weight is 465 g/mol. The molecule has 2 aromatic rings. The van der Waals surface area contributed by atoms with Crippen LogP contribution in [0.1, 0.15) is 44.9 Å². The number of nitrogens with one attached hydrogen (secondary N) is 1. The first-order chi connectivity index (χ1) is 13.5. The zero-order valence-electron chi connectivity index (χ0n) is 16.1. The average Bonchev–Trinajstić information content (AvgIpc) is 3.32. The molecule has 1 unspecified atom stereocenters. The normalized spacial score (nSPS) is 21.0. The van der Waals surface area contributed by atoms with Crippen molar-refractivity contribution in [2.75, 3.05) is 29.9 Å². The van der Waals surface area contributed by atoms with E-state index in [9.17, 15) is 4.79 Å². The Kier molecular flexibility index (Phi) is 5.82. The quantitative estimate of drug-likeness (QED) is 0.729. The number of rotatable bonds is 5. The number of hydrogen-bond acceptors (Lipinski definition) is 7. The number of pyridine rings is 1. The van der Waals surface area contributed by atoms with Crippen molar-refractivity contribution in [1.29, 1.82) is 0 Å². The van der Waals surface area contributed by atoms with Crippen LogP contribution in [-0.4, -0.2) is 56.9 Å². The molecule has 0 radical (unpaired) electrons. The number of piperidine rings is 1. The number of anilines is 2.